The molecule has 2 atom stereocenters. The van der Waals surface area contributed by atoms with Gasteiger partial charge in [-0.1, -0.05) is 23.8 Å². The molecule has 1 aliphatic heterocycles. The minimum absolute atomic E-state index is 0.386. The highest BCUT2D eigenvalue weighted by Gasteiger charge is 2.47. The smallest absolute Gasteiger partial charge is 0.326 e. The first kappa shape index (κ1) is 21.7. The van der Waals surface area contributed by atoms with Crippen LogP contribution in [0.1, 0.15) is 44.9 Å². The van der Waals surface area contributed by atoms with Crippen LogP contribution in [0.4, 0.5) is 4.79 Å². The molecule has 5 amide bonds. The topological polar surface area (TPSA) is 122 Å². The number of rotatable bonds is 7. The van der Waals surface area contributed by atoms with Gasteiger partial charge in [0.25, 0.3) is 5.91 Å². The molecule has 162 valence electrons. The minimum atomic E-state index is -0.872. The largest absolute Gasteiger partial charge is 0.454 e. The third-order valence-electron chi connectivity index (χ3n) is 5.62. The summed E-state index contributed by atoms with van der Waals surface area (Å²) in [5.74, 6) is -3.28. The molecule has 1 saturated heterocycles. The van der Waals surface area contributed by atoms with E-state index < -0.39 is 42.9 Å². The maximum absolute atomic E-state index is 12.3. The Labute approximate surface area is 174 Å². The van der Waals surface area contributed by atoms with Crippen molar-refractivity contribution in [1.82, 2.24) is 15.5 Å². The molecular formula is C21H27N3O6. The number of allylic oxidation sites excluding steroid dienone is 3. The van der Waals surface area contributed by atoms with Gasteiger partial charge in [0, 0.05) is 6.54 Å². The molecule has 0 aromatic rings. The minimum Gasteiger partial charge on any atom is -0.454 e. The summed E-state index contributed by atoms with van der Waals surface area (Å²) < 4.78 is 4.81. The summed E-state index contributed by atoms with van der Waals surface area (Å²) in [6.07, 6.45) is 12.1. The summed E-state index contributed by atoms with van der Waals surface area (Å²) in [6.45, 7) is -0.775. The van der Waals surface area contributed by atoms with Gasteiger partial charge in [0.05, 0.1) is 11.8 Å². The monoisotopic (exact) mass is 417 g/mol. The molecule has 0 bridgehead atoms. The predicted molar refractivity (Wildman–Crippen MR) is 106 cm³/mol. The number of likely N-dealkylation sites (tertiary alicyclic amines) is 1. The summed E-state index contributed by atoms with van der Waals surface area (Å²) in [5, 5.41) is 4.68. The number of hydrogen-bond acceptors (Lipinski definition) is 6. The van der Waals surface area contributed by atoms with E-state index in [9.17, 15) is 24.0 Å². The average molecular weight is 417 g/mol. The maximum atomic E-state index is 12.3. The zero-order valence-electron chi connectivity index (χ0n) is 16.9. The first-order chi connectivity index (χ1) is 14.5. The van der Waals surface area contributed by atoms with Gasteiger partial charge in [0.15, 0.2) is 6.61 Å². The number of hydrogen-bond donors (Lipinski definition) is 2. The second kappa shape index (κ2) is 10.2. The molecule has 9 nitrogen and oxygen atoms in total. The number of nitrogens with zero attached hydrogens (tertiary/aromatic N) is 1. The van der Waals surface area contributed by atoms with Crippen LogP contribution in [0.15, 0.2) is 23.8 Å². The molecular weight excluding hydrogens is 390 g/mol. The van der Waals surface area contributed by atoms with Crippen molar-refractivity contribution in [3.8, 4) is 0 Å². The number of carbonyl (C=O) groups is 5. The SMILES string of the molecule is O=C(COC(=O)CN1C(=O)[C@H]2CC=CC[C@H]2C1=O)NC(=O)NCCC1=CCCCC1. The third-order valence-corrected chi connectivity index (χ3v) is 5.62. The highest BCUT2D eigenvalue weighted by atomic mass is 16.5. The second-order valence-corrected chi connectivity index (χ2v) is 7.74. The van der Waals surface area contributed by atoms with Gasteiger partial charge in [-0.15, -0.1) is 0 Å². The molecule has 0 spiro atoms. The lowest BCUT2D eigenvalue weighted by Crippen LogP contribution is -2.42. The van der Waals surface area contributed by atoms with Gasteiger partial charge in [-0.05, 0) is 44.9 Å². The summed E-state index contributed by atoms with van der Waals surface area (Å²) in [5.41, 5.74) is 1.31. The fourth-order valence-corrected chi connectivity index (χ4v) is 4.02. The van der Waals surface area contributed by atoms with Crippen molar-refractivity contribution in [2.24, 2.45) is 11.8 Å². The third kappa shape index (κ3) is 5.55. The number of amides is 5. The molecule has 2 aliphatic carbocycles. The van der Waals surface area contributed by atoms with Crippen LogP contribution >= 0.6 is 0 Å². The highest BCUT2D eigenvalue weighted by molar-refractivity contribution is 6.07. The zero-order valence-corrected chi connectivity index (χ0v) is 16.9. The fraction of sp³-hybridized carbons (Fsp3) is 0.571. The van der Waals surface area contributed by atoms with Crippen LogP contribution in [-0.4, -0.2) is 54.3 Å². The number of fused-ring (bicyclic) bond motifs is 1. The molecule has 2 N–H and O–H groups in total. The van der Waals surface area contributed by atoms with E-state index in [4.69, 9.17) is 4.74 Å². The van der Waals surface area contributed by atoms with Crippen molar-refractivity contribution in [3.63, 3.8) is 0 Å². The summed E-state index contributed by atoms with van der Waals surface area (Å²) in [4.78, 5) is 61.0. The molecule has 3 rings (SSSR count). The summed E-state index contributed by atoms with van der Waals surface area (Å²) in [7, 11) is 0. The van der Waals surface area contributed by atoms with Crippen LogP contribution < -0.4 is 10.6 Å². The van der Waals surface area contributed by atoms with Crippen LogP contribution in [0, 0.1) is 11.8 Å². The van der Waals surface area contributed by atoms with Crippen molar-refractivity contribution in [2.45, 2.75) is 44.9 Å². The number of imide groups is 2. The number of esters is 1. The first-order valence-electron chi connectivity index (χ1n) is 10.4. The normalized spacial score (nSPS) is 22.9. The van der Waals surface area contributed by atoms with Crippen LogP contribution in [0.3, 0.4) is 0 Å². The molecule has 1 fully saturated rings. The Hall–Kier alpha value is -2.97. The van der Waals surface area contributed by atoms with Gasteiger partial charge in [0.2, 0.25) is 11.8 Å². The fourth-order valence-electron chi connectivity index (χ4n) is 4.02. The van der Waals surface area contributed by atoms with E-state index in [-0.39, 0.29) is 11.8 Å². The zero-order chi connectivity index (χ0) is 21.5. The maximum Gasteiger partial charge on any atom is 0.326 e. The van der Waals surface area contributed by atoms with Crippen molar-refractivity contribution >= 4 is 29.7 Å². The van der Waals surface area contributed by atoms with Gasteiger partial charge < -0.3 is 10.1 Å². The van der Waals surface area contributed by atoms with Crippen molar-refractivity contribution in [2.75, 3.05) is 19.7 Å². The molecule has 30 heavy (non-hydrogen) atoms. The molecule has 0 aromatic carbocycles. The second-order valence-electron chi connectivity index (χ2n) is 7.74. The molecule has 3 aliphatic rings. The molecule has 9 heteroatoms. The van der Waals surface area contributed by atoms with E-state index in [1.54, 1.807) is 0 Å². The summed E-state index contributed by atoms with van der Waals surface area (Å²) in [6, 6.07) is -0.658. The molecule has 0 unspecified atom stereocenters. The van der Waals surface area contributed by atoms with E-state index in [2.05, 4.69) is 16.7 Å². The predicted octanol–water partition coefficient (Wildman–Crippen LogP) is 1.20. The molecule has 0 aromatic heterocycles. The number of carbonyl (C=O) groups excluding carboxylic acids is 5. The quantitative estimate of drug-likeness (QED) is 0.365. The van der Waals surface area contributed by atoms with Crippen LogP contribution in [0.2, 0.25) is 0 Å². The Bertz CT molecular complexity index is 762. The Morgan fingerprint density at radius 3 is 2.40 bits per heavy atom. The molecule has 0 saturated carbocycles. The number of ether oxygens (including phenoxy) is 1. The Kier molecular flexibility index (Phi) is 7.37. The molecule has 0 radical (unpaired) electrons. The van der Waals surface area contributed by atoms with Crippen LogP contribution in [-0.2, 0) is 23.9 Å². The van der Waals surface area contributed by atoms with Gasteiger partial charge >= 0.3 is 12.0 Å². The van der Waals surface area contributed by atoms with Gasteiger partial charge in [0.1, 0.15) is 6.54 Å². The first-order valence-corrected chi connectivity index (χ1v) is 10.4. The Morgan fingerprint density at radius 2 is 1.77 bits per heavy atom. The number of urea groups is 1. The van der Waals surface area contributed by atoms with Crippen molar-refractivity contribution in [3.05, 3.63) is 23.8 Å². The lowest BCUT2D eigenvalue weighted by molar-refractivity contribution is -0.154. The van der Waals surface area contributed by atoms with Gasteiger partial charge in [-0.3, -0.25) is 29.4 Å². The average Bonchev–Trinajstić information content (AvgIpc) is 2.98. The van der Waals surface area contributed by atoms with Crippen molar-refractivity contribution < 1.29 is 28.7 Å². The van der Waals surface area contributed by atoms with Gasteiger partial charge in [-0.2, -0.15) is 0 Å². The Morgan fingerprint density at radius 1 is 1.07 bits per heavy atom. The summed E-state index contributed by atoms with van der Waals surface area (Å²) >= 11 is 0. The standard InChI is InChI=1S/C21H27N3O6/c25-17(23-21(29)22-11-10-14-6-2-1-3-7-14)13-30-18(26)12-24-19(27)15-8-4-5-9-16(15)20(24)28/h4-6,15-16H,1-3,7-13H2,(H2,22,23,25,29)/t15-,16+. The Balaban J connectivity index is 1.33. The highest BCUT2D eigenvalue weighted by Crippen LogP contribution is 2.34. The van der Waals surface area contributed by atoms with E-state index >= 15 is 0 Å². The van der Waals surface area contributed by atoms with E-state index in [1.807, 2.05) is 12.2 Å². The van der Waals surface area contributed by atoms with Gasteiger partial charge in [-0.25, -0.2) is 4.79 Å². The number of nitrogens with one attached hydrogen (secondary N) is 2. The lowest BCUT2D eigenvalue weighted by atomic mass is 9.85. The van der Waals surface area contributed by atoms with Crippen LogP contribution in [0.25, 0.3) is 0 Å². The van der Waals surface area contributed by atoms with Crippen molar-refractivity contribution in [1.29, 1.82) is 0 Å². The van der Waals surface area contributed by atoms with E-state index in [0.717, 1.165) is 30.6 Å². The molecule has 1 heterocycles. The van der Waals surface area contributed by atoms with E-state index in [0.29, 0.717) is 19.4 Å². The lowest BCUT2D eigenvalue weighted by Gasteiger charge is -2.14. The van der Waals surface area contributed by atoms with Crippen LogP contribution in [0.5, 0.6) is 0 Å². The van der Waals surface area contributed by atoms with E-state index in [1.165, 1.54) is 12.0 Å².